The quantitative estimate of drug-likeness (QED) is 0.624. The Morgan fingerprint density at radius 1 is 0.939 bits per heavy atom. The molecule has 0 unspecified atom stereocenters. The highest BCUT2D eigenvalue weighted by molar-refractivity contribution is 5.89. The summed E-state index contributed by atoms with van der Waals surface area (Å²) in [4.78, 5) is 26.6. The van der Waals surface area contributed by atoms with E-state index in [4.69, 9.17) is 19.4 Å². The van der Waals surface area contributed by atoms with Gasteiger partial charge >= 0.3 is 6.03 Å². The molecule has 0 spiro atoms. The van der Waals surface area contributed by atoms with Gasteiger partial charge in [0, 0.05) is 31.7 Å². The number of carbonyl (C=O) groups excluding carboxylic acids is 1. The summed E-state index contributed by atoms with van der Waals surface area (Å²) >= 11 is 0. The molecule has 5 rings (SSSR count). The lowest BCUT2D eigenvalue weighted by molar-refractivity contribution is 0.205. The molecular weight excluding hydrogens is 418 g/mol. The molecule has 3 heterocycles. The Hall–Kier alpha value is -3.81. The van der Waals surface area contributed by atoms with Gasteiger partial charge in [0.1, 0.15) is 0 Å². The SMILES string of the molecule is COc1ccccc1Oc1nc(N2CCCC2)nc2c1CN(C(=O)Nc1ccccc1)CC2. The highest BCUT2D eigenvalue weighted by atomic mass is 16.5. The van der Waals surface area contributed by atoms with Crippen molar-refractivity contribution in [2.24, 2.45) is 0 Å². The van der Waals surface area contributed by atoms with Gasteiger partial charge in [-0.1, -0.05) is 30.3 Å². The number of rotatable bonds is 5. The Morgan fingerprint density at radius 3 is 2.42 bits per heavy atom. The number of fused-ring (bicyclic) bond motifs is 1. The number of hydrogen-bond donors (Lipinski definition) is 1. The number of amides is 2. The predicted octanol–water partition coefficient (Wildman–Crippen LogP) is 4.47. The minimum atomic E-state index is -0.154. The van der Waals surface area contributed by atoms with E-state index in [-0.39, 0.29) is 6.03 Å². The molecule has 170 valence electrons. The molecule has 0 radical (unpaired) electrons. The summed E-state index contributed by atoms with van der Waals surface area (Å²) in [6, 6.07) is 16.8. The molecule has 2 amide bonds. The monoisotopic (exact) mass is 445 g/mol. The number of carbonyl (C=O) groups is 1. The van der Waals surface area contributed by atoms with Crippen LogP contribution in [0.5, 0.6) is 17.4 Å². The number of anilines is 2. The summed E-state index contributed by atoms with van der Waals surface area (Å²) in [5, 5.41) is 2.96. The van der Waals surface area contributed by atoms with Crippen molar-refractivity contribution in [1.29, 1.82) is 0 Å². The van der Waals surface area contributed by atoms with Crippen LogP contribution in [0.1, 0.15) is 24.1 Å². The van der Waals surface area contributed by atoms with Crippen LogP contribution in [0.2, 0.25) is 0 Å². The van der Waals surface area contributed by atoms with E-state index in [0.29, 0.717) is 42.8 Å². The third kappa shape index (κ3) is 4.55. The third-order valence-electron chi connectivity index (χ3n) is 5.99. The van der Waals surface area contributed by atoms with Gasteiger partial charge in [-0.05, 0) is 37.1 Å². The molecule has 0 atom stereocenters. The smallest absolute Gasteiger partial charge is 0.322 e. The van der Waals surface area contributed by atoms with Gasteiger partial charge in [0.25, 0.3) is 0 Å². The normalized spacial score (nSPS) is 15.2. The van der Waals surface area contributed by atoms with Crippen LogP contribution in [0.3, 0.4) is 0 Å². The largest absolute Gasteiger partial charge is 0.493 e. The molecular formula is C25H27N5O3. The molecule has 0 bridgehead atoms. The zero-order chi connectivity index (χ0) is 22.6. The summed E-state index contributed by atoms with van der Waals surface area (Å²) in [6.07, 6.45) is 2.91. The number of benzene rings is 2. The van der Waals surface area contributed by atoms with Crippen molar-refractivity contribution in [2.75, 3.05) is 37.0 Å². The number of hydrogen-bond acceptors (Lipinski definition) is 6. The fourth-order valence-corrected chi connectivity index (χ4v) is 4.22. The van der Waals surface area contributed by atoms with Crippen LogP contribution in [0.15, 0.2) is 54.6 Å². The van der Waals surface area contributed by atoms with E-state index in [1.807, 2.05) is 54.6 Å². The van der Waals surface area contributed by atoms with E-state index >= 15 is 0 Å². The third-order valence-corrected chi connectivity index (χ3v) is 5.99. The lowest BCUT2D eigenvalue weighted by atomic mass is 10.1. The zero-order valence-electron chi connectivity index (χ0n) is 18.7. The summed E-state index contributed by atoms with van der Waals surface area (Å²) in [7, 11) is 1.61. The Labute approximate surface area is 193 Å². The number of aromatic nitrogens is 2. The molecule has 8 nitrogen and oxygen atoms in total. The topological polar surface area (TPSA) is 79.8 Å². The molecule has 2 aliphatic rings. The van der Waals surface area contributed by atoms with Crippen molar-refractivity contribution in [2.45, 2.75) is 25.8 Å². The van der Waals surface area contributed by atoms with Crippen LogP contribution in [0.25, 0.3) is 0 Å². The maximum absolute atomic E-state index is 12.9. The highest BCUT2D eigenvalue weighted by Crippen LogP contribution is 2.36. The fraction of sp³-hybridized carbons (Fsp3) is 0.320. The maximum atomic E-state index is 12.9. The molecule has 1 fully saturated rings. The van der Waals surface area contributed by atoms with Crippen LogP contribution in [0, 0.1) is 0 Å². The number of ether oxygens (including phenoxy) is 2. The van der Waals surface area contributed by atoms with Crippen LogP contribution in [0.4, 0.5) is 16.4 Å². The van der Waals surface area contributed by atoms with E-state index < -0.39 is 0 Å². The Balaban J connectivity index is 1.45. The molecule has 1 saturated heterocycles. The first-order valence-electron chi connectivity index (χ1n) is 11.3. The van der Waals surface area contributed by atoms with Gasteiger partial charge in [-0.25, -0.2) is 9.78 Å². The van der Waals surface area contributed by atoms with Crippen LogP contribution >= 0.6 is 0 Å². The van der Waals surface area contributed by atoms with Crippen molar-refractivity contribution in [3.63, 3.8) is 0 Å². The molecule has 0 aliphatic carbocycles. The first kappa shape index (κ1) is 21.1. The van der Waals surface area contributed by atoms with Crippen molar-refractivity contribution in [3.8, 4) is 17.4 Å². The van der Waals surface area contributed by atoms with Gasteiger partial charge in [0.15, 0.2) is 11.5 Å². The number of methoxy groups -OCH3 is 1. The Bertz CT molecular complexity index is 1130. The summed E-state index contributed by atoms with van der Waals surface area (Å²) in [5.41, 5.74) is 2.53. The van der Waals surface area contributed by atoms with E-state index in [1.165, 1.54) is 0 Å². The van der Waals surface area contributed by atoms with E-state index in [2.05, 4.69) is 10.2 Å². The zero-order valence-corrected chi connectivity index (χ0v) is 18.7. The maximum Gasteiger partial charge on any atom is 0.322 e. The molecule has 1 N–H and O–H groups in total. The standard InChI is InChI=1S/C25H27N5O3/c1-32-21-11-5-6-12-22(21)33-23-19-17-30(25(31)26-18-9-3-2-4-10-18)16-13-20(19)27-24(28-23)29-14-7-8-15-29/h2-6,9-12H,7-8,13-17H2,1H3,(H,26,31). The van der Waals surface area contributed by atoms with Crippen molar-refractivity contribution in [3.05, 3.63) is 65.9 Å². The van der Waals surface area contributed by atoms with Gasteiger partial charge in [-0.2, -0.15) is 4.98 Å². The molecule has 33 heavy (non-hydrogen) atoms. The second kappa shape index (κ2) is 9.36. The van der Waals surface area contributed by atoms with Gasteiger partial charge in [-0.3, -0.25) is 0 Å². The Kier molecular flexibility index (Phi) is 5.97. The van der Waals surface area contributed by atoms with Gasteiger partial charge in [-0.15, -0.1) is 0 Å². The second-order valence-electron chi connectivity index (χ2n) is 8.17. The van der Waals surface area contributed by atoms with E-state index in [0.717, 1.165) is 42.9 Å². The molecule has 2 aliphatic heterocycles. The number of urea groups is 1. The lowest BCUT2D eigenvalue weighted by Gasteiger charge is -2.30. The number of nitrogens with zero attached hydrogens (tertiary/aromatic N) is 4. The van der Waals surface area contributed by atoms with Crippen LogP contribution < -0.4 is 19.7 Å². The Morgan fingerprint density at radius 2 is 1.67 bits per heavy atom. The van der Waals surface area contributed by atoms with Crippen molar-refractivity contribution < 1.29 is 14.3 Å². The van der Waals surface area contributed by atoms with Crippen molar-refractivity contribution in [1.82, 2.24) is 14.9 Å². The van der Waals surface area contributed by atoms with E-state index in [9.17, 15) is 4.79 Å². The molecule has 2 aromatic carbocycles. The average Bonchev–Trinajstić information content (AvgIpc) is 3.40. The van der Waals surface area contributed by atoms with Crippen LogP contribution in [-0.4, -0.2) is 47.6 Å². The molecule has 1 aromatic heterocycles. The molecule has 8 heteroatoms. The fourth-order valence-electron chi connectivity index (χ4n) is 4.22. The van der Waals surface area contributed by atoms with Crippen molar-refractivity contribution >= 4 is 17.7 Å². The number of para-hydroxylation sites is 3. The summed E-state index contributed by atoms with van der Waals surface area (Å²) < 4.78 is 11.7. The minimum absolute atomic E-state index is 0.154. The minimum Gasteiger partial charge on any atom is -0.493 e. The van der Waals surface area contributed by atoms with Gasteiger partial charge in [0.05, 0.1) is 24.9 Å². The first-order valence-corrected chi connectivity index (χ1v) is 11.3. The average molecular weight is 446 g/mol. The van der Waals surface area contributed by atoms with Gasteiger partial charge in [0.2, 0.25) is 11.8 Å². The molecule has 0 saturated carbocycles. The summed E-state index contributed by atoms with van der Waals surface area (Å²) in [6.45, 7) is 2.84. The second-order valence-corrected chi connectivity index (χ2v) is 8.17. The van der Waals surface area contributed by atoms with Gasteiger partial charge < -0.3 is 24.6 Å². The summed E-state index contributed by atoms with van der Waals surface area (Å²) in [5.74, 6) is 2.38. The van der Waals surface area contributed by atoms with Crippen LogP contribution in [-0.2, 0) is 13.0 Å². The highest BCUT2D eigenvalue weighted by Gasteiger charge is 2.28. The lowest BCUT2D eigenvalue weighted by Crippen LogP contribution is -2.39. The molecule has 3 aromatic rings. The van der Waals surface area contributed by atoms with E-state index in [1.54, 1.807) is 12.0 Å². The first-order chi connectivity index (χ1) is 16.2. The number of nitrogens with one attached hydrogen (secondary N) is 1. The predicted molar refractivity (Wildman–Crippen MR) is 126 cm³/mol.